The molecule has 1 saturated heterocycles. The highest BCUT2D eigenvalue weighted by Gasteiger charge is 2.28. The minimum atomic E-state index is 0.129. The summed E-state index contributed by atoms with van der Waals surface area (Å²) in [5.41, 5.74) is 1.91. The number of nitrogens with zero attached hydrogens (tertiary/aromatic N) is 7. The van der Waals surface area contributed by atoms with Crippen LogP contribution in [0.1, 0.15) is 44.0 Å². The first-order valence-electron chi connectivity index (χ1n) is 11.3. The van der Waals surface area contributed by atoms with Gasteiger partial charge in [-0.1, -0.05) is 0 Å². The third-order valence-electron chi connectivity index (χ3n) is 6.66. The van der Waals surface area contributed by atoms with E-state index >= 15 is 0 Å². The Kier molecular flexibility index (Phi) is 5.62. The molecule has 0 bridgehead atoms. The van der Waals surface area contributed by atoms with Gasteiger partial charge in [0, 0.05) is 44.4 Å². The number of fused-ring (bicyclic) bond motifs is 1. The van der Waals surface area contributed by atoms with Crippen LogP contribution in [0.4, 0.5) is 17.6 Å². The van der Waals surface area contributed by atoms with Crippen LogP contribution in [0.25, 0.3) is 11.0 Å². The maximum Gasteiger partial charge on any atom is 0.227 e. The first-order chi connectivity index (χ1) is 15.6. The standard InChI is InChI=1S/C23H28N8O/c1-15-27-19-14-26-22(12-20(19)31(15)17-4-3-16(11-17)13-24)28-21-5-8-25-23(29-21)30-9-6-18(32-2)7-10-30/h5,8,12,14,16-18H,3-4,6-7,9-11H2,1-2H3,(H,25,26,28,29)/t16-,17-/m1/s1. The molecule has 3 aromatic heterocycles. The van der Waals surface area contributed by atoms with Gasteiger partial charge in [0.1, 0.15) is 23.0 Å². The third kappa shape index (κ3) is 3.98. The van der Waals surface area contributed by atoms with E-state index in [2.05, 4.69) is 30.8 Å². The minimum absolute atomic E-state index is 0.129. The number of ether oxygens (including phenoxy) is 1. The molecule has 2 aliphatic rings. The van der Waals surface area contributed by atoms with E-state index in [1.807, 2.05) is 19.1 Å². The normalized spacial score (nSPS) is 21.7. The summed E-state index contributed by atoms with van der Waals surface area (Å²) in [6, 6.07) is 6.61. The van der Waals surface area contributed by atoms with Gasteiger partial charge in [-0.25, -0.2) is 15.0 Å². The fourth-order valence-electron chi connectivity index (χ4n) is 4.95. The summed E-state index contributed by atoms with van der Waals surface area (Å²) in [5, 5.41) is 12.6. The Balaban J connectivity index is 1.37. The monoisotopic (exact) mass is 432 g/mol. The molecule has 0 amide bonds. The fourth-order valence-corrected chi connectivity index (χ4v) is 4.95. The van der Waals surface area contributed by atoms with Gasteiger partial charge in [0.2, 0.25) is 5.95 Å². The Hall–Kier alpha value is -3.25. The highest BCUT2D eigenvalue weighted by molar-refractivity contribution is 5.79. The minimum Gasteiger partial charge on any atom is -0.381 e. The lowest BCUT2D eigenvalue weighted by molar-refractivity contribution is 0.0816. The molecule has 1 N–H and O–H groups in total. The van der Waals surface area contributed by atoms with Gasteiger partial charge in [-0.05, 0) is 45.1 Å². The number of methoxy groups -OCH3 is 1. The second-order valence-electron chi connectivity index (χ2n) is 8.67. The smallest absolute Gasteiger partial charge is 0.227 e. The molecule has 3 aromatic rings. The quantitative estimate of drug-likeness (QED) is 0.650. The lowest BCUT2D eigenvalue weighted by Crippen LogP contribution is -2.37. The summed E-state index contributed by atoms with van der Waals surface area (Å²) in [4.78, 5) is 20.6. The van der Waals surface area contributed by atoms with E-state index < -0.39 is 0 Å². The summed E-state index contributed by atoms with van der Waals surface area (Å²) in [5.74, 6) is 3.25. The Morgan fingerprint density at radius 2 is 1.97 bits per heavy atom. The van der Waals surface area contributed by atoms with Crippen LogP contribution in [0.2, 0.25) is 0 Å². The van der Waals surface area contributed by atoms with Crippen molar-refractivity contribution < 1.29 is 4.74 Å². The number of rotatable bonds is 5. The number of hydrogen-bond acceptors (Lipinski definition) is 8. The van der Waals surface area contributed by atoms with Crippen molar-refractivity contribution in [1.82, 2.24) is 24.5 Å². The lowest BCUT2D eigenvalue weighted by Gasteiger charge is -2.31. The molecule has 166 valence electrons. The van der Waals surface area contributed by atoms with Gasteiger partial charge in [0.15, 0.2) is 0 Å². The fraction of sp³-hybridized carbons (Fsp3) is 0.522. The Bertz CT molecular complexity index is 1140. The number of pyridine rings is 1. The van der Waals surface area contributed by atoms with Crippen molar-refractivity contribution in [3.8, 4) is 6.07 Å². The first-order valence-corrected chi connectivity index (χ1v) is 11.3. The van der Waals surface area contributed by atoms with Crippen LogP contribution < -0.4 is 10.2 Å². The molecule has 2 fully saturated rings. The summed E-state index contributed by atoms with van der Waals surface area (Å²) >= 11 is 0. The van der Waals surface area contributed by atoms with Gasteiger partial charge in [0.05, 0.1) is 23.9 Å². The Labute approximate surface area is 187 Å². The predicted molar refractivity (Wildman–Crippen MR) is 122 cm³/mol. The van der Waals surface area contributed by atoms with Crippen LogP contribution in [-0.4, -0.2) is 50.8 Å². The molecule has 1 aliphatic carbocycles. The Morgan fingerprint density at radius 1 is 1.12 bits per heavy atom. The van der Waals surface area contributed by atoms with Gasteiger partial charge in [-0.3, -0.25) is 0 Å². The van der Waals surface area contributed by atoms with Crippen LogP contribution in [0.15, 0.2) is 24.5 Å². The zero-order chi connectivity index (χ0) is 22.1. The lowest BCUT2D eigenvalue weighted by atomic mass is 10.1. The summed E-state index contributed by atoms with van der Waals surface area (Å²) < 4.78 is 7.73. The van der Waals surface area contributed by atoms with Gasteiger partial charge >= 0.3 is 0 Å². The number of piperidine rings is 1. The number of hydrogen-bond donors (Lipinski definition) is 1. The van der Waals surface area contributed by atoms with Gasteiger partial charge in [0.25, 0.3) is 0 Å². The molecule has 2 atom stereocenters. The second-order valence-corrected chi connectivity index (χ2v) is 8.67. The van der Waals surface area contributed by atoms with Gasteiger partial charge < -0.3 is 19.5 Å². The molecule has 4 heterocycles. The zero-order valence-electron chi connectivity index (χ0n) is 18.5. The van der Waals surface area contributed by atoms with Crippen molar-refractivity contribution in [1.29, 1.82) is 5.26 Å². The number of aryl methyl sites for hydroxylation is 1. The number of nitriles is 1. The molecule has 5 rings (SSSR count). The van der Waals surface area contributed by atoms with E-state index in [0.717, 1.165) is 73.8 Å². The number of nitrogens with one attached hydrogen (secondary N) is 1. The van der Waals surface area contributed by atoms with Crippen molar-refractivity contribution >= 4 is 28.6 Å². The number of aromatic nitrogens is 5. The molecule has 32 heavy (non-hydrogen) atoms. The van der Waals surface area contributed by atoms with Crippen LogP contribution >= 0.6 is 0 Å². The average Bonchev–Trinajstić information content (AvgIpc) is 3.42. The molecule has 9 nitrogen and oxygen atoms in total. The van der Waals surface area contributed by atoms with E-state index in [4.69, 9.17) is 14.7 Å². The van der Waals surface area contributed by atoms with E-state index in [0.29, 0.717) is 18.0 Å². The molecule has 0 unspecified atom stereocenters. The Morgan fingerprint density at radius 3 is 2.72 bits per heavy atom. The molecular weight excluding hydrogens is 404 g/mol. The molecule has 1 saturated carbocycles. The van der Waals surface area contributed by atoms with Gasteiger partial charge in [-0.15, -0.1) is 0 Å². The van der Waals surface area contributed by atoms with Gasteiger partial charge in [-0.2, -0.15) is 10.2 Å². The molecular formula is C23H28N8O. The maximum absolute atomic E-state index is 9.30. The first kappa shape index (κ1) is 20.6. The van der Waals surface area contributed by atoms with Crippen molar-refractivity contribution in [2.45, 2.75) is 51.2 Å². The van der Waals surface area contributed by atoms with Crippen LogP contribution in [0.5, 0.6) is 0 Å². The predicted octanol–water partition coefficient (Wildman–Crippen LogP) is 3.75. The summed E-state index contributed by atoms with van der Waals surface area (Å²) in [6.45, 7) is 3.79. The van der Waals surface area contributed by atoms with Crippen LogP contribution in [0, 0.1) is 24.2 Å². The maximum atomic E-state index is 9.30. The molecule has 1 aliphatic heterocycles. The SMILES string of the molecule is COC1CCN(c2nccc(Nc3cc4c(cn3)nc(C)n4[C@@H]3CC[C@@H](C#N)C3)n2)CC1. The number of imidazole rings is 1. The highest BCUT2D eigenvalue weighted by atomic mass is 16.5. The van der Waals surface area contributed by atoms with E-state index in [1.165, 1.54) is 0 Å². The summed E-state index contributed by atoms with van der Waals surface area (Å²) in [6.07, 6.45) is 8.69. The van der Waals surface area contributed by atoms with E-state index in [9.17, 15) is 5.26 Å². The van der Waals surface area contributed by atoms with Crippen molar-refractivity contribution in [3.63, 3.8) is 0 Å². The average molecular weight is 433 g/mol. The molecule has 9 heteroatoms. The summed E-state index contributed by atoms with van der Waals surface area (Å²) in [7, 11) is 1.77. The van der Waals surface area contributed by atoms with E-state index in [-0.39, 0.29) is 5.92 Å². The van der Waals surface area contributed by atoms with E-state index in [1.54, 1.807) is 19.5 Å². The van der Waals surface area contributed by atoms with Crippen molar-refractivity contribution in [2.75, 3.05) is 30.4 Å². The molecule has 0 aromatic carbocycles. The van der Waals surface area contributed by atoms with Crippen LogP contribution in [0.3, 0.4) is 0 Å². The number of anilines is 3. The van der Waals surface area contributed by atoms with Crippen molar-refractivity contribution in [2.24, 2.45) is 5.92 Å². The molecule has 0 radical (unpaired) electrons. The third-order valence-corrected chi connectivity index (χ3v) is 6.66. The largest absolute Gasteiger partial charge is 0.381 e. The second kappa shape index (κ2) is 8.71. The zero-order valence-corrected chi connectivity index (χ0v) is 18.5. The van der Waals surface area contributed by atoms with Crippen LogP contribution in [-0.2, 0) is 4.74 Å². The highest BCUT2D eigenvalue weighted by Crippen LogP contribution is 2.37. The molecule has 0 spiro atoms. The topological polar surface area (TPSA) is 105 Å². The van der Waals surface area contributed by atoms with Crippen molar-refractivity contribution in [3.05, 3.63) is 30.4 Å².